The number of rotatable bonds is 4. The first-order valence-corrected chi connectivity index (χ1v) is 6.72. The second-order valence-corrected chi connectivity index (χ2v) is 5.04. The van der Waals surface area contributed by atoms with Crippen LogP contribution in [0.3, 0.4) is 0 Å². The standard InChI is InChI=1S/C15H16F3N3O/c1-10-11(9-21(2)20-10)3-8-14(22)19-13-6-4-12(5-7-13)15(16,17)18/h4-7,9H,3,8H2,1-2H3,(H,19,22). The van der Waals surface area contributed by atoms with Crippen molar-refractivity contribution in [2.45, 2.75) is 25.9 Å². The molecular weight excluding hydrogens is 295 g/mol. The van der Waals surface area contributed by atoms with Gasteiger partial charge in [0.1, 0.15) is 0 Å². The fourth-order valence-electron chi connectivity index (χ4n) is 2.11. The molecule has 22 heavy (non-hydrogen) atoms. The summed E-state index contributed by atoms with van der Waals surface area (Å²) in [5.74, 6) is -0.247. The highest BCUT2D eigenvalue weighted by Gasteiger charge is 2.29. The summed E-state index contributed by atoms with van der Waals surface area (Å²) in [5.41, 5.74) is 1.45. The van der Waals surface area contributed by atoms with E-state index in [1.54, 1.807) is 11.7 Å². The molecule has 1 heterocycles. The van der Waals surface area contributed by atoms with Crippen LogP contribution in [-0.2, 0) is 24.4 Å². The number of aromatic nitrogens is 2. The van der Waals surface area contributed by atoms with Gasteiger partial charge >= 0.3 is 6.18 Å². The number of carbonyl (C=O) groups excluding carboxylic acids is 1. The van der Waals surface area contributed by atoms with Gasteiger partial charge in [-0.15, -0.1) is 0 Å². The van der Waals surface area contributed by atoms with Crippen LogP contribution in [0.25, 0.3) is 0 Å². The van der Waals surface area contributed by atoms with E-state index in [0.717, 1.165) is 23.4 Å². The Morgan fingerprint density at radius 3 is 2.41 bits per heavy atom. The first-order chi connectivity index (χ1) is 10.3. The molecule has 118 valence electrons. The molecule has 4 nitrogen and oxygen atoms in total. The molecule has 1 aromatic heterocycles. The largest absolute Gasteiger partial charge is 0.416 e. The van der Waals surface area contributed by atoms with Crippen LogP contribution in [-0.4, -0.2) is 15.7 Å². The molecule has 1 amide bonds. The van der Waals surface area contributed by atoms with E-state index in [1.807, 2.05) is 13.1 Å². The number of hydrogen-bond donors (Lipinski definition) is 1. The van der Waals surface area contributed by atoms with Crippen LogP contribution >= 0.6 is 0 Å². The number of benzene rings is 1. The lowest BCUT2D eigenvalue weighted by Gasteiger charge is -2.08. The number of anilines is 1. The van der Waals surface area contributed by atoms with Crippen molar-refractivity contribution in [3.63, 3.8) is 0 Å². The Bertz CT molecular complexity index is 660. The summed E-state index contributed by atoms with van der Waals surface area (Å²) >= 11 is 0. The summed E-state index contributed by atoms with van der Waals surface area (Å²) in [6, 6.07) is 4.38. The molecule has 2 rings (SSSR count). The number of alkyl halides is 3. The molecule has 0 fully saturated rings. The Hall–Kier alpha value is -2.31. The highest BCUT2D eigenvalue weighted by molar-refractivity contribution is 5.90. The van der Waals surface area contributed by atoms with E-state index in [0.29, 0.717) is 12.1 Å². The third-order valence-electron chi connectivity index (χ3n) is 3.23. The monoisotopic (exact) mass is 311 g/mol. The molecule has 7 heteroatoms. The van der Waals surface area contributed by atoms with Crippen molar-refractivity contribution in [3.05, 3.63) is 47.3 Å². The Balaban J connectivity index is 1.91. The van der Waals surface area contributed by atoms with Gasteiger partial charge in [-0.1, -0.05) is 0 Å². The summed E-state index contributed by atoms with van der Waals surface area (Å²) in [5, 5.41) is 6.77. The minimum absolute atomic E-state index is 0.244. The van der Waals surface area contributed by atoms with Gasteiger partial charge in [-0.05, 0) is 43.2 Å². The SMILES string of the molecule is Cc1nn(C)cc1CCC(=O)Nc1ccc(C(F)(F)F)cc1. The van der Waals surface area contributed by atoms with Gasteiger partial charge in [-0.2, -0.15) is 18.3 Å². The van der Waals surface area contributed by atoms with Crippen molar-refractivity contribution in [1.29, 1.82) is 0 Å². The van der Waals surface area contributed by atoms with E-state index >= 15 is 0 Å². The molecule has 1 aromatic carbocycles. The fourth-order valence-corrected chi connectivity index (χ4v) is 2.11. The predicted molar refractivity (Wildman–Crippen MR) is 76.3 cm³/mol. The Morgan fingerprint density at radius 1 is 1.27 bits per heavy atom. The zero-order chi connectivity index (χ0) is 16.3. The first kappa shape index (κ1) is 16.1. The van der Waals surface area contributed by atoms with Gasteiger partial charge in [0.05, 0.1) is 11.3 Å². The zero-order valence-corrected chi connectivity index (χ0v) is 12.2. The van der Waals surface area contributed by atoms with Gasteiger partial charge in [0.25, 0.3) is 0 Å². The number of nitrogens with zero attached hydrogens (tertiary/aromatic N) is 2. The van der Waals surface area contributed by atoms with E-state index in [1.165, 1.54) is 12.1 Å². The van der Waals surface area contributed by atoms with Gasteiger partial charge in [-0.25, -0.2) is 0 Å². The fraction of sp³-hybridized carbons (Fsp3) is 0.333. The van der Waals surface area contributed by atoms with E-state index in [9.17, 15) is 18.0 Å². The molecule has 0 aliphatic heterocycles. The van der Waals surface area contributed by atoms with Crippen molar-refractivity contribution < 1.29 is 18.0 Å². The minimum Gasteiger partial charge on any atom is -0.326 e. The molecule has 0 aliphatic carbocycles. The number of carbonyl (C=O) groups is 1. The summed E-state index contributed by atoms with van der Waals surface area (Å²) in [7, 11) is 1.80. The van der Waals surface area contributed by atoms with Crippen LogP contribution in [0, 0.1) is 6.92 Å². The van der Waals surface area contributed by atoms with Crippen molar-refractivity contribution in [2.24, 2.45) is 7.05 Å². The molecule has 0 unspecified atom stereocenters. The molecule has 0 atom stereocenters. The molecule has 2 aromatic rings. The van der Waals surface area contributed by atoms with Crippen molar-refractivity contribution in [2.75, 3.05) is 5.32 Å². The molecule has 0 saturated heterocycles. The van der Waals surface area contributed by atoms with Crippen LogP contribution in [0.15, 0.2) is 30.5 Å². The quantitative estimate of drug-likeness (QED) is 0.941. The lowest BCUT2D eigenvalue weighted by Crippen LogP contribution is -2.13. The van der Waals surface area contributed by atoms with Crippen molar-refractivity contribution in [3.8, 4) is 0 Å². The number of hydrogen-bond acceptors (Lipinski definition) is 2. The van der Waals surface area contributed by atoms with Gasteiger partial charge in [0.15, 0.2) is 0 Å². The van der Waals surface area contributed by atoms with Crippen LogP contribution in [0.5, 0.6) is 0 Å². The third kappa shape index (κ3) is 4.09. The second-order valence-electron chi connectivity index (χ2n) is 5.04. The van der Waals surface area contributed by atoms with E-state index in [4.69, 9.17) is 0 Å². The minimum atomic E-state index is -4.37. The van der Waals surface area contributed by atoms with Crippen molar-refractivity contribution >= 4 is 11.6 Å². The maximum absolute atomic E-state index is 12.4. The maximum atomic E-state index is 12.4. The van der Waals surface area contributed by atoms with Crippen LogP contribution in [0.1, 0.15) is 23.2 Å². The Morgan fingerprint density at radius 2 is 1.91 bits per heavy atom. The van der Waals surface area contributed by atoms with Gasteiger partial charge in [0, 0.05) is 25.4 Å². The average Bonchev–Trinajstić information content (AvgIpc) is 2.74. The molecule has 0 bridgehead atoms. The lowest BCUT2D eigenvalue weighted by atomic mass is 10.1. The highest BCUT2D eigenvalue weighted by atomic mass is 19.4. The number of amides is 1. The topological polar surface area (TPSA) is 46.9 Å². The van der Waals surface area contributed by atoms with Gasteiger partial charge in [-0.3, -0.25) is 9.48 Å². The lowest BCUT2D eigenvalue weighted by molar-refractivity contribution is -0.137. The third-order valence-corrected chi connectivity index (χ3v) is 3.23. The molecule has 0 aliphatic rings. The normalized spacial score (nSPS) is 11.5. The number of aryl methyl sites for hydroxylation is 3. The summed E-state index contributed by atoms with van der Waals surface area (Å²) < 4.78 is 39.0. The van der Waals surface area contributed by atoms with Crippen LogP contribution < -0.4 is 5.32 Å². The molecule has 0 radical (unpaired) electrons. The number of halogens is 3. The second kappa shape index (κ2) is 6.21. The summed E-state index contributed by atoms with van der Waals surface area (Å²) in [4.78, 5) is 11.8. The Kier molecular flexibility index (Phi) is 4.54. The van der Waals surface area contributed by atoms with Crippen molar-refractivity contribution in [1.82, 2.24) is 9.78 Å². The predicted octanol–water partition coefficient (Wildman–Crippen LogP) is 3.32. The van der Waals surface area contributed by atoms with Crippen LogP contribution in [0.2, 0.25) is 0 Å². The number of nitrogens with one attached hydrogen (secondary N) is 1. The molecule has 0 saturated carbocycles. The molecular formula is C15H16F3N3O. The summed E-state index contributed by atoms with van der Waals surface area (Å²) in [6.07, 6.45) is -1.75. The smallest absolute Gasteiger partial charge is 0.326 e. The molecule has 0 spiro atoms. The highest BCUT2D eigenvalue weighted by Crippen LogP contribution is 2.29. The van der Waals surface area contributed by atoms with Gasteiger partial charge in [0.2, 0.25) is 5.91 Å². The average molecular weight is 311 g/mol. The van der Waals surface area contributed by atoms with Crippen LogP contribution in [0.4, 0.5) is 18.9 Å². The Labute approximate surface area is 125 Å². The summed E-state index contributed by atoms with van der Waals surface area (Å²) in [6.45, 7) is 1.86. The first-order valence-electron chi connectivity index (χ1n) is 6.72. The van der Waals surface area contributed by atoms with E-state index in [2.05, 4.69) is 10.4 Å². The van der Waals surface area contributed by atoms with Gasteiger partial charge < -0.3 is 5.32 Å². The van der Waals surface area contributed by atoms with E-state index < -0.39 is 11.7 Å². The molecule has 1 N–H and O–H groups in total. The van der Waals surface area contributed by atoms with E-state index in [-0.39, 0.29) is 12.3 Å². The zero-order valence-electron chi connectivity index (χ0n) is 12.2. The maximum Gasteiger partial charge on any atom is 0.416 e.